The SMILES string of the molecule is [2H]C([2H])([2H])N(Cc1ccc(OC)cc1)c1ncc(-c2nc3ccc(N4CCOCC4)c(C)n3n2)c2cc(NC(=O)[C@H]3C[C@H]3C)nnc12. The van der Waals surface area contributed by atoms with Crippen LogP contribution in [0.1, 0.15) is 28.7 Å². The lowest BCUT2D eigenvalue weighted by molar-refractivity contribution is -0.117. The summed E-state index contributed by atoms with van der Waals surface area (Å²) in [6.07, 6.45) is 2.38. The van der Waals surface area contributed by atoms with E-state index in [1.54, 1.807) is 48.2 Å². The lowest BCUT2D eigenvalue weighted by Crippen LogP contribution is -2.36. The maximum atomic E-state index is 12.8. The summed E-state index contributed by atoms with van der Waals surface area (Å²) in [5.41, 5.74) is 4.14. The molecule has 4 aromatic heterocycles. The van der Waals surface area contributed by atoms with Crippen molar-refractivity contribution >= 4 is 39.8 Å². The maximum Gasteiger partial charge on any atom is 0.228 e. The van der Waals surface area contributed by atoms with Gasteiger partial charge in [-0.1, -0.05) is 19.1 Å². The van der Waals surface area contributed by atoms with Gasteiger partial charge in [-0.15, -0.1) is 15.3 Å². The van der Waals surface area contributed by atoms with Crippen LogP contribution < -0.4 is 19.9 Å². The lowest BCUT2D eigenvalue weighted by atomic mass is 10.1. The first-order valence-corrected chi connectivity index (χ1v) is 14.7. The van der Waals surface area contributed by atoms with Crippen molar-refractivity contribution < 1.29 is 18.4 Å². The van der Waals surface area contributed by atoms with Crippen LogP contribution in [0.3, 0.4) is 0 Å². The normalized spacial score (nSPS) is 19.3. The van der Waals surface area contributed by atoms with Gasteiger partial charge in [0, 0.05) is 53.8 Å². The summed E-state index contributed by atoms with van der Waals surface area (Å²) in [5.74, 6) is 1.54. The molecular weight excluding hydrogens is 558 g/mol. The van der Waals surface area contributed by atoms with Gasteiger partial charge in [0.1, 0.15) is 11.3 Å². The van der Waals surface area contributed by atoms with Crippen LogP contribution in [0.2, 0.25) is 0 Å². The molecule has 7 rings (SSSR count). The minimum absolute atomic E-state index is 0.0256. The molecule has 1 aliphatic carbocycles. The monoisotopic (exact) mass is 596 g/mol. The first-order valence-electron chi connectivity index (χ1n) is 16.2. The van der Waals surface area contributed by atoms with Gasteiger partial charge < -0.3 is 24.6 Å². The van der Waals surface area contributed by atoms with Crippen molar-refractivity contribution in [3.05, 3.63) is 59.9 Å². The molecule has 1 aromatic carbocycles. The quantitative estimate of drug-likeness (QED) is 0.280. The van der Waals surface area contributed by atoms with Crippen LogP contribution in [-0.2, 0) is 16.1 Å². The predicted octanol–water partition coefficient (Wildman–Crippen LogP) is 4.12. The van der Waals surface area contributed by atoms with Crippen LogP contribution in [0.4, 0.5) is 17.3 Å². The highest BCUT2D eigenvalue weighted by atomic mass is 16.5. The summed E-state index contributed by atoms with van der Waals surface area (Å²) in [5, 5.41) is 17.0. The molecule has 12 nitrogen and oxygen atoms in total. The second-order valence-corrected chi connectivity index (χ2v) is 11.3. The molecule has 5 heterocycles. The molecule has 5 aromatic rings. The highest BCUT2D eigenvalue weighted by Gasteiger charge is 2.39. The van der Waals surface area contributed by atoms with E-state index in [9.17, 15) is 4.79 Å². The van der Waals surface area contributed by atoms with Gasteiger partial charge in [-0.25, -0.2) is 14.5 Å². The molecule has 226 valence electrons. The second kappa shape index (κ2) is 11.3. The third-order valence-electron chi connectivity index (χ3n) is 8.37. The Morgan fingerprint density at radius 2 is 1.98 bits per heavy atom. The van der Waals surface area contributed by atoms with Crippen molar-refractivity contribution in [2.45, 2.75) is 26.8 Å². The Morgan fingerprint density at radius 3 is 2.70 bits per heavy atom. The molecule has 1 saturated carbocycles. The number of pyridine rings is 2. The van der Waals surface area contributed by atoms with E-state index in [4.69, 9.17) is 23.7 Å². The van der Waals surface area contributed by atoms with Crippen molar-refractivity contribution in [2.24, 2.45) is 11.8 Å². The summed E-state index contributed by atoms with van der Waals surface area (Å²) in [7, 11) is 1.57. The lowest BCUT2D eigenvalue weighted by Gasteiger charge is -2.29. The number of aryl methyl sites for hydroxylation is 1. The predicted molar refractivity (Wildman–Crippen MR) is 168 cm³/mol. The van der Waals surface area contributed by atoms with E-state index in [2.05, 4.69) is 25.4 Å². The van der Waals surface area contributed by atoms with Crippen LogP contribution in [0, 0.1) is 18.8 Å². The molecule has 44 heavy (non-hydrogen) atoms. The van der Waals surface area contributed by atoms with Gasteiger partial charge in [0.05, 0.1) is 31.7 Å². The molecule has 2 fully saturated rings. The highest BCUT2D eigenvalue weighted by molar-refractivity contribution is 6.01. The fourth-order valence-corrected chi connectivity index (χ4v) is 5.66. The average Bonchev–Trinajstić information content (AvgIpc) is 3.65. The van der Waals surface area contributed by atoms with E-state index in [-0.39, 0.29) is 35.5 Å². The van der Waals surface area contributed by atoms with Crippen molar-refractivity contribution in [3.63, 3.8) is 0 Å². The van der Waals surface area contributed by atoms with Gasteiger partial charge in [-0.2, -0.15) is 0 Å². The maximum absolute atomic E-state index is 12.8. The Kier molecular flexibility index (Phi) is 6.34. The topological polar surface area (TPSA) is 123 Å². The Labute approximate surface area is 259 Å². The van der Waals surface area contributed by atoms with Crippen molar-refractivity contribution in [1.82, 2.24) is 29.8 Å². The number of nitrogens with zero attached hydrogens (tertiary/aromatic N) is 8. The largest absolute Gasteiger partial charge is 0.497 e. The molecule has 12 heteroatoms. The van der Waals surface area contributed by atoms with Gasteiger partial charge in [0.25, 0.3) is 0 Å². The number of ether oxygens (including phenoxy) is 2. The minimum atomic E-state index is -2.56. The molecule has 1 saturated heterocycles. The number of nitrogens with one attached hydrogen (secondary N) is 1. The molecule has 0 radical (unpaired) electrons. The summed E-state index contributed by atoms with van der Waals surface area (Å²) in [6.45, 7) is 4.39. The van der Waals surface area contributed by atoms with Gasteiger partial charge in [0.15, 0.2) is 23.1 Å². The fraction of sp³-hybridized carbons (Fsp3) is 0.375. The Balaban J connectivity index is 1.34. The number of morpholine rings is 1. The van der Waals surface area contributed by atoms with E-state index >= 15 is 0 Å². The number of methoxy groups -OCH3 is 1. The first kappa shape index (κ1) is 24.6. The number of anilines is 3. The number of aromatic nitrogens is 6. The first-order chi connectivity index (χ1) is 22.6. The number of rotatable bonds is 8. The summed E-state index contributed by atoms with van der Waals surface area (Å²) in [4.78, 5) is 25.8. The number of carbonyl (C=O) groups excluding carboxylic acids is 1. The van der Waals surface area contributed by atoms with Crippen molar-refractivity contribution in [2.75, 3.05) is 55.5 Å². The molecule has 1 N–H and O–H groups in total. The summed E-state index contributed by atoms with van der Waals surface area (Å²) >= 11 is 0. The number of fused-ring (bicyclic) bond motifs is 2. The third-order valence-corrected chi connectivity index (χ3v) is 8.37. The number of hydrogen-bond acceptors (Lipinski definition) is 10. The molecule has 1 amide bonds. The summed E-state index contributed by atoms with van der Waals surface area (Å²) in [6, 6.07) is 12.8. The van der Waals surface area contributed by atoms with E-state index in [0.29, 0.717) is 47.3 Å². The third kappa shape index (κ3) is 5.25. The Morgan fingerprint density at radius 1 is 1.18 bits per heavy atom. The number of amides is 1. The number of benzene rings is 1. The van der Waals surface area contributed by atoms with Crippen LogP contribution in [-0.4, -0.2) is 76.1 Å². The Bertz CT molecular complexity index is 1960. The van der Waals surface area contributed by atoms with E-state index in [1.165, 1.54) is 4.90 Å². The standard InChI is InChI=1S/C32H35N9O3/c1-19-15-23(19)32(42)34-27-16-24-25(30-35-28-10-9-26(20(2)41(28)38-30)40-11-13-44-14-12-40)17-33-31(29(24)37-36-27)39(3)18-21-5-7-22(43-4)8-6-21/h5-10,16-17,19,23H,11-15,18H2,1-4H3,(H,34,36,42)/t19-,23+/m1/s1/i3D3. The molecule has 2 aliphatic rings. The molecule has 0 bridgehead atoms. The smallest absolute Gasteiger partial charge is 0.228 e. The second-order valence-electron chi connectivity index (χ2n) is 11.3. The van der Waals surface area contributed by atoms with E-state index in [1.807, 2.05) is 26.0 Å². The fourth-order valence-electron chi connectivity index (χ4n) is 5.66. The molecule has 0 unspecified atom stereocenters. The van der Waals surface area contributed by atoms with E-state index in [0.717, 1.165) is 36.5 Å². The molecular formula is C32H35N9O3. The molecule has 0 spiro atoms. The Hall–Kier alpha value is -4.84. The van der Waals surface area contributed by atoms with Crippen LogP contribution in [0.5, 0.6) is 5.75 Å². The van der Waals surface area contributed by atoms with Gasteiger partial charge in [-0.3, -0.25) is 4.79 Å². The summed E-state index contributed by atoms with van der Waals surface area (Å²) < 4.78 is 37.8. The van der Waals surface area contributed by atoms with Crippen molar-refractivity contribution in [3.8, 4) is 17.1 Å². The van der Waals surface area contributed by atoms with Crippen molar-refractivity contribution in [1.29, 1.82) is 0 Å². The number of hydrogen-bond donors (Lipinski definition) is 1. The van der Waals surface area contributed by atoms with Crippen LogP contribution >= 0.6 is 0 Å². The van der Waals surface area contributed by atoms with Gasteiger partial charge in [0.2, 0.25) is 5.91 Å². The van der Waals surface area contributed by atoms with Gasteiger partial charge in [-0.05, 0) is 55.2 Å². The zero-order valence-corrected chi connectivity index (χ0v) is 24.8. The van der Waals surface area contributed by atoms with Crippen LogP contribution in [0.25, 0.3) is 27.9 Å². The highest BCUT2D eigenvalue weighted by Crippen LogP contribution is 2.39. The zero-order valence-electron chi connectivity index (χ0n) is 27.8. The zero-order chi connectivity index (χ0) is 32.9. The molecule has 1 aliphatic heterocycles. The van der Waals surface area contributed by atoms with E-state index < -0.39 is 6.98 Å². The van der Waals surface area contributed by atoms with Gasteiger partial charge >= 0.3 is 0 Å². The number of carbonyl (C=O) groups is 1. The van der Waals surface area contributed by atoms with Crippen LogP contribution in [0.15, 0.2) is 48.7 Å². The average molecular weight is 597 g/mol. The minimum Gasteiger partial charge on any atom is -0.497 e. The molecule has 2 atom stereocenters.